The Balaban J connectivity index is 1.84. The van der Waals surface area contributed by atoms with Gasteiger partial charge in [0.15, 0.2) is 0 Å². The largest absolute Gasteiger partial charge is 0.432 e. The summed E-state index contributed by atoms with van der Waals surface area (Å²) < 4.78 is 76.1. The van der Waals surface area contributed by atoms with Gasteiger partial charge in [0.2, 0.25) is 0 Å². The third kappa shape index (κ3) is 5.64. The van der Waals surface area contributed by atoms with Gasteiger partial charge in [-0.15, -0.1) is 0 Å². The zero-order valence-corrected chi connectivity index (χ0v) is 18.3. The van der Waals surface area contributed by atoms with Gasteiger partial charge in [-0.1, -0.05) is 44.0 Å². The lowest BCUT2D eigenvalue weighted by Crippen LogP contribution is -2.25. The smallest absolute Gasteiger partial charge is 0.429 e. The highest BCUT2D eigenvalue weighted by Crippen LogP contribution is 2.37. The van der Waals surface area contributed by atoms with E-state index in [1.54, 1.807) is 12.1 Å². The van der Waals surface area contributed by atoms with Crippen molar-refractivity contribution in [3.63, 3.8) is 0 Å². The highest BCUT2D eigenvalue weighted by molar-refractivity contribution is 9.10. The van der Waals surface area contributed by atoms with Crippen molar-refractivity contribution in [2.45, 2.75) is 38.7 Å². The average molecular weight is 499 g/mol. The van der Waals surface area contributed by atoms with E-state index in [9.17, 15) is 22.0 Å². The van der Waals surface area contributed by atoms with Crippen LogP contribution in [0.2, 0.25) is 0 Å². The fraction of sp³-hybridized carbons (Fsp3) is 0.250. The van der Waals surface area contributed by atoms with Gasteiger partial charge in [0, 0.05) is 6.07 Å². The Bertz CT molecular complexity index is 1030. The van der Waals surface area contributed by atoms with Crippen molar-refractivity contribution in [2.75, 3.05) is 0 Å². The first kappa shape index (κ1) is 23.3. The van der Waals surface area contributed by atoms with Crippen LogP contribution in [-0.4, -0.2) is 0 Å². The zero-order valence-electron chi connectivity index (χ0n) is 16.7. The fourth-order valence-corrected chi connectivity index (χ4v) is 3.45. The summed E-state index contributed by atoms with van der Waals surface area (Å²) in [7, 11) is 0. The molecule has 3 aromatic rings. The van der Waals surface area contributed by atoms with E-state index in [-0.39, 0.29) is 10.0 Å². The lowest BCUT2D eigenvalue weighted by Gasteiger charge is -2.20. The molecule has 0 fully saturated rings. The SMILES string of the molecule is CCCCCc1ccc(-c2cc(F)c(C(F)(F)Oc3ccc(Br)c(F)c3)c(F)c2)cc1. The molecule has 0 spiro atoms. The molecule has 0 unspecified atom stereocenters. The molecule has 164 valence electrons. The van der Waals surface area contributed by atoms with E-state index in [2.05, 4.69) is 27.6 Å². The summed E-state index contributed by atoms with van der Waals surface area (Å²) in [5, 5.41) is 0. The van der Waals surface area contributed by atoms with Gasteiger partial charge in [0.05, 0.1) is 4.47 Å². The van der Waals surface area contributed by atoms with Crippen LogP contribution in [-0.2, 0) is 12.5 Å². The van der Waals surface area contributed by atoms with Crippen molar-refractivity contribution in [3.8, 4) is 16.9 Å². The number of aryl methyl sites for hydroxylation is 1. The monoisotopic (exact) mass is 498 g/mol. The molecular weight excluding hydrogens is 479 g/mol. The first-order valence-corrected chi connectivity index (χ1v) is 10.6. The van der Waals surface area contributed by atoms with Gasteiger partial charge in [-0.25, -0.2) is 13.2 Å². The molecule has 0 aliphatic carbocycles. The number of ether oxygens (including phenoxy) is 1. The van der Waals surface area contributed by atoms with Crippen molar-refractivity contribution < 1.29 is 26.7 Å². The van der Waals surface area contributed by atoms with E-state index in [0.29, 0.717) is 11.6 Å². The molecule has 0 saturated carbocycles. The summed E-state index contributed by atoms with van der Waals surface area (Å²) in [6.45, 7) is 2.11. The number of halogens is 6. The maximum atomic E-state index is 14.5. The summed E-state index contributed by atoms with van der Waals surface area (Å²) in [6, 6.07) is 11.7. The normalized spacial score (nSPS) is 11.6. The summed E-state index contributed by atoms with van der Waals surface area (Å²) in [4.78, 5) is 0. The fourth-order valence-electron chi connectivity index (χ4n) is 3.20. The Labute approximate surface area is 186 Å². The second-order valence-electron chi connectivity index (χ2n) is 7.16. The summed E-state index contributed by atoms with van der Waals surface area (Å²) >= 11 is 2.89. The third-order valence-corrected chi connectivity index (χ3v) is 5.47. The second-order valence-corrected chi connectivity index (χ2v) is 8.02. The minimum atomic E-state index is -4.34. The maximum absolute atomic E-state index is 14.5. The molecule has 0 saturated heterocycles. The maximum Gasteiger partial charge on any atom is 0.432 e. The van der Waals surface area contributed by atoms with E-state index in [4.69, 9.17) is 0 Å². The van der Waals surface area contributed by atoms with Crippen LogP contribution in [0.25, 0.3) is 11.1 Å². The molecule has 3 aromatic carbocycles. The minimum absolute atomic E-state index is 0.0428. The standard InChI is InChI=1S/C24H20BrF5O/c1-2-3-4-5-15-6-8-16(9-7-15)17-12-21(27)23(22(28)13-17)24(29,30)31-18-10-11-19(25)20(26)14-18/h6-14H,2-5H2,1H3. The van der Waals surface area contributed by atoms with Crippen LogP contribution in [0.3, 0.4) is 0 Å². The molecule has 0 aromatic heterocycles. The summed E-state index contributed by atoms with van der Waals surface area (Å²) in [6.07, 6.45) is -0.172. The zero-order chi connectivity index (χ0) is 22.6. The topological polar surface area (TPSA) is 9.23 Å². The predicted molar refractivity (Wildman–Crippen MR) is 114 cm³/mol. The molecule has 0 aliphatic rings. The third-order valence-electron chi connectivity index (χ3n) is 4.83. The van der Waals surface area contributed by atoms with Crippen molar-refractivity contribution >= 4 is 15.9 Å². The molecule has 0 bridgehead atoms. The van der Waals surface area contributed by atoms with Crippen LogP contribution in [0.4, 0.5) is 22.0 Å². The van der Waals surface area contributed by atoms with E-state index < -0.39 is 34.9 Å². The molecule has 0 N–H and O–H groups in total. The van der Waals surface area contributed by atoms with Crippen molar-refractivity contribution in [1.29, 1.82) is 0 Å². The van der Waals surface area contributed by atoms with Gasteiger partial charge >= 0.3 is 6.11 Å². The first-order valence-electron chi connectivity index (χ1n) is 9.82. The number of unbranched alkanes of at least 4 members (excludes halogenated alkanes) is 2. The molecule has 0 heterocycles. The van der Waals surface area contributed by atoms with E-state index in [1.165, 1.54) is 0 Å². The first-order chi connectivity index (χ1) is 14.7. The Morgan fingerprint density at radius 3 is 2.03 bits per heavy atom. The Kier molecular flexibility index (Phi) is 7.36. The van der Waals surface area contributed by atoms with E-state index >= 15 is 0 Å². The lowest BCUT2D eigenvalue weighted by atomic mass is 9.99. The predicted octanol–water partition coefficient (Wildman–Crippen LogP) is 8.39. The number of benzene rings is 3. The molecule has 7 heteroatoms. The average Bonchev–Trinajstić information content (AvgIpc) is 2.70. The molecule has 0 aliphatic heterocycles. The molecule has 31 heavy (non-hydrogen) atoms. The van der Waals surface area contributed by atoms with Crippen LogP contribution in [0.5, 0.6) is 5.75 Å². The Hall–Kier alpha value is -2.41. The van der Waals surface area contributed by atoms with Crippen molar-refractivity contribution in [1.82, 2.24) is 0 Å². The number of hydrogen-bond acceptors (Lipinski definition) is 1. The van der Waals surface area contributed by atoms with Crippen LogP contribution in [0, 0.1) is 17.5 Å². The van der Waals surface area contributed by atoms with Gasteiger partial charge < -0.3 is 4.74 Å². The molecule has 0 atom stereocenters. The second kappa shape index (κ2) is 9.81. The van der Waals surface area contributed by atoms with Gasteiger partial charge in [-0.2, -0.15) is 8.78 Å². The highest BCUT2D eigenvalue weighted by Gasteiger charge is 2.41. The van der Waals surface area contributed by atoms with Crippen LogP contribution in [0.15, 0.2) is 59.1 Å². The van der Waals surface area contributed by atoms with E-state index in [0.717, 1.165) is 55.5 Å². The highest BCUT2D eigenvalue weighted by atomic mass is 79.9. The summed E-state index contributed by atoms with van der Waals surface area (Å²) in [5.74, 6) is -4.32. The Morgan fingerprint density at radius 2 is 1.45 bits per heavy atom. The quantitative estimate of drug-likeness (QED) is 0.223. The number of hydrogen-bond donors (Lipinski definition) is 0. The van der Waals surface area contributed by atoms with Crippen LogP contribution >= 0.6 is 15.9 Å². The van der Waals surface area contributed by atoms with Gasteiger partial charge in [-0.05, 0) is 69.7 Å². The van der Waals surface area contributed by atoms with Crippen molar-refractivity contribution in [2.24, 2.45) is 0 Å². The molecule has 0 amide bonds. The minimum Gasteiger partial charge on any atom is -0.429 e. The Morgan fingerprint density at radius 1 is 0.806 bits per heavy atom. The van der Waals surface area contributed by atoms with Gasteiger partial charge in [-0.3, -0.25) is 0 Å². The molecule has 0 radical (unpaired) electrons. The number of alkyl halides is 2. The van der Waals surface area contributed by atoms with Gasteiger partial charge in [0.1, 0.15) is 28.8 Å². The van der Waals surface area contributed by atoms with Gasteiger partial charge in [0.25, 0.3) is 0 Å². The van der Waals surface area contributed by atoms with Crippen molar-refractivity contribution in [3.05, 3.63) is 87.6 Å². The molecular formula is C24H20BrF5O. The van der Waals surface area contributed by atoms with E-state index in [1.807, 2.05) is 12.1 Å². The molecule has 1 nitrogen and oxygen atoms in total. The van der Waals surface area contributed by atoms with Crippen LogP contribution < -0.4 is 4.74 Å². The lowest BCUT2D eigenvalue weighted by molar-refractivity contribution is -0.189. The summed E-state index contributed by atoms with van der Waals surface area (Å²) in [5.41, 5.74) is 0.194. The van der Waals surface area contributed by atoms with Crippen LogP contribution in [0.1, 0.15) is 37.3 Å². The number of rotatable bonds is 8. The molecule has 3 rings (SSSR count).